The highest BCUT2D eigenvalue weighted by Crippen LogP contribution is 2.31. The second-order valence-electron chi connectivity index (χ2n) is 5.49. The molecular weight excluding hydrogens is 298 g/mol. The van der Waals surface area contributed by atoms with E-state index in [1.54, 1.807) is 0 Å². The van der Waals surface area contributed by atoms with Gasteiger partial charge in [0.2, 0.25) is 0 Å². The Hall–Kier alpha value is -1.81. The van der Waals surface area contributed by atoms with Gasteiger partial charge in [0, 0.05) is 22.1 Å². The van der Waals surface area contributed by atoms with Crippen molar-refractivity contribution in [2.75, 3.05) is 6.61 Å². The summed E-state index contributed by atoms with van der Waals surface area (Å²) in [6.45, 7) is 1.72. The number of aromatic nitrogens is 1. The summed E-state index contributed by atoms with van der Waals surface area (Å²) < 4.78 is 2.01. The molecule has 1 heterocycles. The number of hydrogen-bond donors (Lipinski definition) is 2. The third-order valence-electron chi connectivity index (χ3n) is 3.99. The summed E-state index contributed by atoms with van der Waals surface area (Å²) in [5.74, 6) is 0. The summed E-state index contributed by atoms with van der Waals surface area (Å²) in [5.41, 5.74) is 3.03. The van der Waals surface area contributed by atoms with Crippen LogP contribution in [0.25, 0.3) is 10.9 Å². The van der Waals surface area contributed by atoms with Crippen molar-refractivity contribution in [1.82, 2.24) is 4.57 Å². The molecule has 0 amide bonds. The Morgan fingerprint density at radius 1 is 1.14 bits per heavy atom. The lowest BCUT2D eigenvalue weighted by Gasteiger charge is -2.25. The molecule has 0 bridgehead atoms. The summed E-state index contributed by atoms with van der Waals surface area (Å²) in [7, 11) is 0. The molecule has 0 aliphatic heterocycles. The molecule has 4 heteroatoms. The second kappa shape index (κ2) is 6.13. The van der Waals surface area contributed by atoms with Crippen molar-refractivity contribution in [3.8, 4) is 0 Å². The SMILES string of the molecule is Cc1cn([C@@H](c2ccccc2)[C@H](O)CO)c2ccc(Cl)cc12. The van der Waals surface area contributed by atoms with Gasteiger partial charge in [-0.15, -0.1) is 0 Å². The smallest absolute Gasteiger partial charge is 0.102 e. The van der Waals surface area contributed by atoms with Crippen molar-refractivity contribution in [3.63, 3.8) is 0 Å². The molecule has 2 atom stereocenters. The minimum atomic E-state index is -0.881. The molecular formula is C18H18ClNO2. The predicted molar refractivity (Wildman–Crippen MR) is 89.4 cm³/mol. The van der Waals surface area contributed by atoms with E-state index >= 15 is 0 Å². The van der Waals surface area contributed by atoms with Gasteiger partial charge in [0.15, 0.2) is 0 Å². The minimum Gasteiger partial charge on any atom is -0.394 e. The van der Waals surface area contributed by atoms with E-state index in [1.807, 2.05) is 66.2 Å². The molecule has 0 saturated heterocycles. The van der Waals surface area contributed by atoms with Crippen LogP contribution in [0.3, 0.4) is 0 Å². The molecule has 0 aliphatic rings. The van der Waals surface area contributed by atoms with Crippen LogP contribution >= 0.6 is 11.6 Å². The number of fused-ring (bicyclic) bond motifs is 1. The summed E-state index contributed by atoms with van der Waals surface area (Å²) in [6.07, 6.45) is 1.12. The van der Waals surface area contributed by atoms with Crippen molar-refractivity contribution in [1.29, 1.82) is 0 Å². The molecule has 0 radical (unpaired) electrons. The zero-order valence-corrected chi connectivity index (χ0v) is 13.0. The van der Waals surface area contributed by atoms with E-state index < -0.39 is 6.10 Å². The first-order chi connectivity index (χ1) is 10.6. The van der Waals surface area contributed by atoms with Gasteiger partial charge in [-0.3, -0.25) is 0 Å². The summed E-state index contributed by atoms with van der Waals surface area (Å²) in [6, 6.07) is 15.1. The number of halogens is 1. The van der Waals surface area contributed by atoms with Crippen molar-refractivity contribution in [3.05, 3.63) is 70.9 Å². The van der Waals surface area contributed by atoms with Crippen LogP contribution in [0.2, 0.25) is 5.02 Å². The highest BCUT2D eigenvalue weighted by Gasteiger charge is 2.24. The van der Waals surface area contributed by atoms with Gasteiger partial charge in [-0.25, -0.2) is 0 Å². The summed E-state index contributed by atoms with van der Waals surface area (Å²) in [5, 5.41) is 21.6. The Labute approximate surface area is 134 Å². The Morgan fingerprint density at radius 3 is 2.55 bits per heavy atom. The monoisotopic (exact) mass is 315 g/mol. The molecule has 1 aromatic heterocycles. The second-order valence-corrected chi connectivity index (χ2v) is 5.92. The van der Waals surface area contributed by atoms with Gasteiger partial charge in [-0.2, -0.15) is 0 Å². The molecule has 3 nitrogen and oxygen atoms in total. The average molecular weight is 316 g/mol. The number of hydrogen-bond acceptors (Lipinski definition) is 2. The molecule has 2 aromatic carbocycles. The standard InChI is InChI=1S/C18H18ClNO2/c1-12-10-20(16-8-7-14(19)9-15(12)16)18(17(22)11-21)13-5-3-2-4-6-13/h2-10,17-18,21-22H,11H2,1H3/t17-,18+/m1/s1. The third kappa shape index (κ3) is 2.63. The number of nitrogens with zero attached hydrogens (tertiary/aromatic N) is 1. The van der Waals surface area contributed by atoms with E-state index in [0.29, 0.717) is 5.02 Å². The van der Waals surface area contributed by atoms with E-state index in [0.717, 1.165) is 22.0 Å². The van der Waals surface area contributed by atoms with Crippen LogP contribution in [0.1, 0.15) is 17.2 Å². The maximum absolute atomic E-state index is 10.4. The summed E-state index contributed by atoms with van der Waals surface area (Å²) in [4.78, 5) is 0. The Balaban J connectivity index is 2.21. The van der Waals surface area contributed by atoms with Gasteiger partial charge in [0.05, 0.1) is 12.6 Å². The van der Waals surface area contributed by atoms with Crippen molar-refractivity contribution >= 4 is 22.5 Å². The van der Waals surface area contributed by atoms with E-state index in [2.05, 4.69) is 0 Å². The highest BCUT2D eigenvalue weighted by molar-refractivity contribution is 6.31. The fraction of sp³-hybridized carbons (Fsp3) is 0.222. The zero-order valence-electron chi connectivity index (χ0n) is 12.3. The third-order valence-corrected chi connectivity index (χ3v) is 4.22. The van der Waals surface area contributed by atoms with Crippen molar-refractivity contribution < 1.29 is 10.2 Å². The van der Waals surface area contributed by atoms with E-state index in [4.69, 9.17) is 11.6 Å². The van der Waals surface area contributed by atoms with Gasteiger partial charge < -0.3 is 14.8 Å². The lowest BCUT2D eigenvalue weighted by molar-refractivity contribution is 0.0653. The first-order valence-corrected chi connectivity index (χ1v) is 7.60. The molecule has 2 N–H and O–H groups in total. The zero-order chi connectivity index (χ0) is 15.7. The Morgan fingerprint density at radius 2 is 1.86 bits per heavy atom. The number of benzene rings is 2. The Kier molecular flexibility index (Phi) is 4.21. The predicted octanol–water partition coefficient (Wildman–Crippen LogP) is 3.55. The quantitative estimate of drug-likeness (QED) is 0.773. The van der Waals surface area contributed by atoms with Gasteiger partial charge in [0.25, 0.3) is 0 Å². The molecule has 0 fully saturated rings. The molecule has 0 unspecified atom stereocenters. The van der Waals surface area contributed by atoms with E-state index in [-0.39, 0.29) is 12.6 Å². The van der Waals surface area contributed by atoms with Crippen LogP contribution < -0.4 is 0 Å². The number of aliphatic hydroxyl groups is 2. The molecule has 114 valence electrons. The molecule has 0 saturated carbocycles. The topological polar surface area (TPSA) is 45.4 Å². The normalized spacial score (nSPS) is 14.2. The molecule has 0 aliphatic carbocycles. The highest BCUT2D eigenvalue weighted by atomic mass is 35.5. The lowest BCUT2D eigenvalue weighted by atomic mass is 10.0. The number of aryl methyl sites for hydroxylation is 1. The van der Waals surface area contributed by atoms with Crippen molar-refractivity contribution in [2.45, 2.75) is 19.1 Å². The number of aliphatic hydroxyl groups excluding tert-OH is 2. The van der Waals surface area contributed by atoms with Gasteiger partial charge >= 0.3 is 0 Å². The maximum Gasteiger partial charge on any atom is 0.102 e. The largest absolute Gasteiger partial charge is 0.394 e. The fourth-order valence-corrected chi connectivity index (χ4v) is 3.12. The van der Waals surface area contributed by atoms with Gasteiger partial charge in [-0.1, -0.05) is 41.9 Å². The first kappa shape index (κ1) is 15.1. The fourth-order valence-electron chi connectivity index (χ4n) is 2.95. The minimum absolute atomic E-state index is 0.300. The lowest BCUT2D eigenvalue weighted by Crippen LogP contribution is -2.28. The first-order valence-electron chi connectivity index (χ1n) is 7.22. The molecule has 3 rings (SSSR count). The van der Waals surface area contributed by atoms with Gasteiger partial charge in [-0.05, 0) is 36.2 Å². The van der Waals surface area contributed by atoms with Crippen LogP contribution in [0, 0.1) is 6.92 Å². The van der Waals surface area contributed by atoms with Crippen molar-refractivity contribution in [2.24, 2.45) is 0 Å². The van der Waals surface area contributed by atoms with Crippen LogP contribution in [-0.2, 0) is 0 Å². The van der Waals surface area contributed by atoms with Crippen LogP contribution in [0.15, 0.2) is 54.7 Å². The average Bonchev–Trinajstić information content (AvgIpc) is 2.85. The molecule has 22 heavy (non-hydrogen) atoms. The van der Waals surface area contributed by atoms with E-state index in [1.165, 1.54) is 0 Å². The maximum atomic E-state index is 10.4. The van der Waals surface area contributed by atoms with Crippen LogP contribution in [0.5, 0.6) is 0 Å². The van der Waals surface area contributed by atoms with Crippen LogP contribution in [0.4, 0.5) is 0 Å². The van der Waals surface area contributed by atoms with Crippen LogP contribution in [-0.4, -0.2) is 27.5 Å². The summed E-state index contributed by atoms with van der Waals surface area (Å²) >= 11 is 6.09. The number of rotatable bonds is 4. The van der Waals surface area contributed by atoms with Gasteiger partial charge in [0.1, 0.15) is 6.10 Å². The van der Waals surface area contributed by atoms with E-state index in [9.17, 15) is 10.2 Å². The molecule has 3 aromatic rings. The molecule has 0 spiro atoms. The Bertz CT molecular complexity index is 782.